The molecule has 0 saturated heterocycles. The van der Waals surface area contributed by atoms with Gasteiger partial charge in [0.1, 0.15) is 6.29 Å². The maximum atomic E-state index is 9.72. The molecule has 0 N–H and O–H groups in total. The molecule has 0 atom stereocenters. The average molecular weight is 121 g/mol. The molecule has 9 heavy (non-hydrogen) atoms. The Bertz CT molecular complexity index is 184. The molecule has 0 amide bonds. The second-order valence-corrected chi connectivity index (χ2v) is 1.51. The summed E-state index contributed by atoms with van der Waals surface area (Å²) in [5.74, 6) is 0. The Kier molecular flexibility index (Phi) is 4.07. The number of nitrogens with zero attached hydrogens (tertiary/aromatic N) is 1. The van der Waals surface area contributed by atoms with Crippen LogP contribution >= 0.6 is 0 Å². The van der Waals surface area contributed by atoms with E-state index in [0.29, 0.717) is 6.29 Å². The summed E-state index contributed by atoms with van der Waals surface area (Å²) >= 11 is 0. The molecule has 0 aromatic carbocycles. The van der Waals surface area contributed by atoms with Gasteiger partial charge in [0.25, 0.3) is 0 Å². The lowest BCUT2D eigenvalue weighted by Crippen LogP contribution is -1.66. The third kappa shape index (κ3) is 4.49. The van der Waals surface area contributed by atoms with E-state index in [1.165, 1.54) is 12.2 Å². The van der Waals surface area contributed by atoms with Crippen LogP contribution < -0.4 is 0 Å². The lowest BCUT2D eigenvalue weighted by molar-refractivity contribution is -0.104. The minimum Gasteiger partial charge on any atom is -0.299 e. The van der Waals surface area contributed by atoms with Crippen molar-refractivity contribution in [3.05, 3.63) is 23.8 Å². The first-order valence-corrected chi connectivity index (χ1v) is 2.49. The van der Waals surface area contributed by atoms with E-state index in [1.54, 1.807) is 13.0 Å². The van der Waals surface area contributed by atoms with Gasteiger partial charge in [-0.15, -0.1) is 0 Å². The van der Waals surface area contributed by atoms with Crippen LogP contribution in [-0.4, -0.2) is 6.29 Å². The largest absolute Gasteiger partial charge is 0.299 e. The topological polar surface area (TPSA) is 40.9 Å². The number of allylic oxidation sites excluding steroid dienone is 4. The minimum absolute atomic E-state index is 0.675. The summed E-state index contributed by atoms with van der Waals surface area (Å²) in [4.78, 5) is 9.72. The van der Waals surface area contributed by atoms with Gasteiger partial charge in [-0.25, -0.2) is 0 Å². The summed E-state index contributed by atoms with van der Waals surface area (Å²) in [6.07, 6.45) is 4.98. The van der Waals surface area contributed by atoms with Crippen molar-refractivity contribution in [1.82, 2.24) is 0 Å². The predicted octanol–water partition coefficient (Wildman–Crippen LogP) is 1.21. The van der Waals surface area contributed by atoms with E-state index in [4.69, 9.17) is 5.26 Å². The molecule has 0 rings (SSSR count). The van der Waals surface area contributed by atoms with Gasteiger partial charge in [-0.1, -0.05) is 6.08 Å². The maximum absolute atomic E-state index is 9.72. The molecule has 0 aliphatic heterocycles. The van der Waals surface area contributed by atoms with Crippen LogP contribution in [0.2, 0.25) is 0 Å². The Hall–Kier alpha value is -1.36. The van der Waals surface area contributed by atoms with Crippen LogP contribution in [0.25, 0.3) is 0 Å². The Labute approximate surface area is 54.1 Å². The highest BCUT2D eigenvalue weighted by atomic mass is 16.1. The molecule has 0 heterocycles. The zero-order chi connectivity index (χ0) is 7.11. The second-order valence-electron chi connectivity index (χ2n) is 1.51. The summed E-state index contributed by atoms with van der Waals surface area (Å²) < 4.78 is 0. The van der Waals surface area contributed by atoms with Gasteiger partial charge in [0.15, 0.2) is 0 Å². The molecule has 0 unspecified atom stereocenters. The normalized spacial score (nSPS) is 11.3. The molecular formula is C7H7NO. The number of carbonyl (C=O) groups excluding carboxylic acids is 1. The van der Waals surface area contributed by atoms with Gasteiger partial charge in [0.05, 0.1) is 6.07 Å². The van der Waals surface area contributed by atoms with Crippen molar-refractivity contribution < 1.29 is 4.79 Å². The highest BCUT2D eigenvalue weighted by Gasteiger charge is 1.75. The van der Waals surface area contributed by atoms with E-state index >= 15 is 0 Å². The van der Waals surface area contributed by atoms with E-state index in [-0.39, 0.29) is 0 Å². The Balaban J connectivity index is 3.93. The van der Waals surface area contributed by atoms with Crippen LogP contribution in [0.1, 0.15) is 6.92 Å². The first kappa shape index (κ1) is 7.64. The zero-order valence-corrected chi connectivity index (χ0v) is 5.16. The first-order chi connectivity index (χ1) is 4.31. The Morgan fingerprint density at radius 1 is 1.67 bits per heavy atom. The van der Waals surface area contributed by atoms with Crippen LogP contribution in [0.15, 0.2) is 23.8 Å². The van der Waals surface area contributed by atoms with Crippen LogP contribution in [-0.2, 0) is 4.79 Å². The highest BCUT2D eigenvalue weighted by molar-refractivity contribution is 5.65. The Morgan fingerprint density at radius 3 is 2.78 bits per heavy atom. The number of hydrogen-bond donors (Lipinski definition) is 0. The molecular weight excluding hydrogens is 114 g/mol. The number of rotatable bonds is 2. The summed E-state index contributed by atoms with van der Waals surface area (Å²) in [7, 11) is 0. The molecule has 0 radical (unpaired) electrons. The van der Waals surface area contributed by atoms with Crippen LogP contribution in [0.3, 0.4) is 0 Å². The zero-order valence-electron chi connectivity index (χ0n) is 5.16. The second kappa shape index (κ2) is 4.79. The van der Waals surface area contributed by atoms with Crippen molar-refractivity contribution in [2.24, 2.45) is 0 Å². The molecule has 0 aromatic rings. The molecule has 0 saturated carbocycles. The lowest BCUT2D eigenvalue weighted by Gasteiger charge is -1.79. The number of hydrogen-bond acceptors (Lipinski definition) is 2. The molecule has 0 bridgehead atoms. The van der Waals surface area contributed by atoms with E-state index in [1.807, 2.05) is 6.07 Å². The van der Waals surface area contributed by atoms with Gasteiger partial charge >= 0.3 is 0 Å². The molecule has 46 valence electrons. The van der Waals surface area contributed by atoms with Gasteiger partial charge < -0.3 is 0 Å². The average Bonchev–Trinajstić information content (AvgIpc) is 1.85. The number of nitriles is 1. The standard InChI is InChI=1S/C7H7NO/c1-7(4-5-8)3-2-6-9/h2-4,6H,1H3/b3-2+,7-4+. The van der Waals surface area contributed by atoms with Crippen LogP contribution in [0.5, 0.6) is 0 Å². The Morgan fingerprint density at radius 2 is 2.33 bits per heavy atom. The van der Waals surface area contributed by atoms with Crippen molar-refractivity contribution in [2.45, 2.75) is 6.92 Å². The lowest BCUT2D eigenvalue weighted by atomic mass is 10.3. The van der Waals surface area contributed by atoms with E-state index in [9.17, 15) is 4.79 Å². The van der Waals surface area contributed by atoms with E-state index < -0.39 is 0 Å². The fourth-order valence-electron chi connectivity index (χ4n) is 0.341. The first-order valence-electron chi connectivity index (χ1n) is 2.49. The maximum Gasteiger partial charge on any atom is 0.142 e. The monoisotopic (exact) mass is 121 g/mol. The molecule has 2 nitrogen and oxygen atoms in total. The van der Waals surface area contributed by atoms with Crippen LogP contribution in [0.4, 0.5) is 0 Å². The van der Waals surface area contributed by atoms with E-state index in [0.717, 1.165) is 5.57 Å². The fourth-order valence-corrected chi connectivity index (χ4v) is 0.341. The van der Waals surface area contributed by atoms with Crippen molar-refractivity contribution in [2.75, 3.05) is 0 Å². The van der Waals surface area contributed by atoms with Gasteiger partial charge in [-0.05, 0) is 18.6 Å². The summed E-state index contributed by atoms with van der Waals surface area (Å²) in [5.41, 5.74) is 0.782. The fraction of sp³-hybridized carbons (Fsp3) is 0.143. The highest BCUT2D eigenvalue weighted by Crippen LogP contribution is 1.90. The van der Waals surface area contributed by atoms with Crippen molar-refractivity contribution >= 4 is 6.29 Å². The smallest absolute Gasteiger partial charge is 0.142 e. The van der Waals surface area contributed by atoms with Gasteiger partial charge in [-0.2, -0.15) is 5.26 Å². The van der Waals surface area contributed by atoms with Gasteiger partial charge in [-0.3, -0.25) is 4.79 Å². The van der Waals surface area contributed by atoms with Crippen molar-refractivity contribution in [3.8, 4) is 6.07 Å². The number of carbonyl (C=O) groups is 1. The van der Waals surface area contributed by atoms with Gasteiger partial charge in [0.2, 0.25) is 0 Å². The molecule has 2 heteroatoms. The quantitative estimate of drug-likeness (QED) is 0.238. The molecule has 0 aliphatic rings. The van der Waals surface area contributed by atoms with Crippen molar-refractivity contribution in [1.29, 1.82) is 5.26 Å². The number of aldehydes is 1. The van der Waals surface area contributed by atoms with Crippen LogP contribution in [0, 0.1) is 11.3 Å². The predicted molar refractivity (Wildman–Crippen MR) is 34.6 cm³/mol. The third-order valence-electron chi connectivity index (χ3n) is 0.730. The molecule has 0 spiro atoms. The third-order valence-corrected chi connectivity index (χ3v) is 0.730. The summed E-state index contributed by atoms with van der Waals surface area (Å²) in [5, 5.41) is 8.09. The molecule has 0 aromatic heterocycles. The molecule has 0 aliphatic carbocycles. The van der Waals surface area contributed by atoms with Gasteiger partial charge in [0, 0.05) is 6.08 Å². The van der Waals surface area contributed by atoms with Crippen molar-refractivity contribution in [3.63, 3.8) is 0 Å². The summed E-state index contributed by atoms with van der Waals surface area (Å²) in [6, 6.07) is 1.85. The summed E-state index contributed by atoms with van der Waals surface area (Å²) in [6.45, 7) is 1.75. The minimum atomic E-state index is 0.675. The molecule has 0 fully saturated rings. The SMILES string of the molecule is CC(/C=C/C=O)=C\C#N. The van der Waals surface area contributed by atoms with E-state index in [2.05, 4.69) is 0 Å².